The predicted octanol–water partition coefficient (Wildman–Crippen LogP) is 1.35. The zero-order chi connectivity index (χ0) is 11.6. The fraction of sp³-hybridized carbons (Fsp3) is 0.636. The fourth-order valence-corrected chi connectivity index (χ4v) is 1.66. The summed E-state index contributed by atoms with van der Waals surface area (Å²) in [5, 5.41) is 4.22. The maximum atomic E-state index is 11.9. The number of hydrogen-bond acceptors (Lipinski definition) is 3. The van der Waals surface area contributed by atoms with Crippen LogP contribution in [0.25, 0.3) is 0 Å². The van der Waals surface area contributed by atoms with Crippen molar-refractivity contribution in [3.63, 3.8) is 0 Å². The normalized spacial score (nSPS) is 12.9. The van der Waals surface area contributed by atoms with E-state index in [0.717, 1.165) is 23.4 Å². The first-order chi connectivity index (χ1) is 6.97. The van der Waals surface area contributed by atoms with Crippen LogP contribution in [-0.4, -0.2) is 21.6 Å². The van der Waals surface area contributed by atoms with Gasteiger partial charge in [-0.05, 0) is 20.3 Å². The zero-order valence-corrected chi connectivity index (χ0v) is 9.87. The number of ketones is 1. The molecule has 0 fully saturated rings. The lowest BCUT2D eigenvalue weighted by Crippen LogP contribution is -2.23. The number of nitrogens with two attached hydrogens (primary N) is 1. The second-order valence-electron chi connectivity index (χ2n) is 3.97. The Bertz CT molecular complexity index is 368. The van der Waals surface area contributed by atoms with Crippen LogP contribution in [0.1, 0.15) is 41.5 Å². The average molecular weight is 209 g/mol. The molecule has 0 radical (unpaired) electrons. The minimum Gasteiger partial charge on any atom is -0.327 e. The van der Waals surface area contributed by atoms with Crippen molar-refractivity contribution in [2.75, 3.05) is 0 Å². The van der Waals surface area contributed by atoms with Crippen molar-refractivity contribution in [3.8, 4) is 0 Å². The minimum absolute atomic E-state index is 0.0449. The summed E-state index contributed by atoms with van der Waals surface area (Å²) < 4.78 is 1.74. The van der Waals surface area contributed by atoms with Crippen molar-refractivity contribution in [2.45, 2.75) is 39.7 Å². The summed E-state index contributed by atoms with van der Waals surface area (Å²) in [5.74, 6) is 0.104. The maximum Gasteiger partial charge on any atom is 0.168 e. The van der Waals surface area contributed by atoms with Crippen molar-refractivity contribution in [1.29, 1.82) is 0 Å². The highest BCUT2D eigenvalue weighted by Gasteiger charge is 2.18. The Morgan fingerprint density at radius 3 is 2.53 bits per heavy atom. The molecule has 0 aromatic carbocycles. The van der Waals surface area contributed by atoms with Gasteiger partial charge in [-0.3, -0.25) is 9.48 Å². The summed E-state index contributed by atoms with van der Waals surface area (Å²) >= 11 is 0. The number of aryl methyl sites for hydroxylation is 2. The number of carbonyl (C=O) groups excluding carboxylic acids is 1. The smallest absolute Gasteiger partial charge is 0.168 e. The Morgan fingerprint density at radius 2 is 2.13 bits per heavy atom. The van der Waals surface area contributed by atoms with Crippen LogP contribution in [0, 0.1) is 13.8 Å². The van der Waals surface area contributed by atoms with Crippen LogP contribution in [0.4, 0.5) is 0 Å². The molecule has 0 amide bonds. The highest BCUT2D eigenvalue weighted by Crippen LogP contribution is 2.15. The van der Waals surface area contributed by atoms with E-state index >= 15 is 0 Å². The monoisotopic (exact) mass is 209 g/mol. The number of aromatic nitrogens is 2. The number of rotatable bonds is 4. The molecule has 0 aliphatic heterocycles. The van der Waals surface area contributed by atoms with Crippen LogP contribution in [0.3, 0.4) is 0 Å². The third kappa shape index (κ3) is 2.45. The Hall–Kier alpha value is -1.16. The van der Waals surface area contributed by atoms with E-state index in [1.807, 2.05) is 27.8 Å². The Kier molecular flexibility index (Phi) is 3.63. The Labute approximate surface area is 90.5 Å². The van der Waals surface area contributed by atoms with Crippen LogP contribution in [-0.2, 0) is 7.05 Å². The molecule has 1 aromatic rings. The summed E-state index contributed by atoms with van der Waals surface area (Å²) in [6.07, 6.45) is 1.23. The number of hydrogen-bond donors (Lipinski definition) is 1. The molecule has 2 N–H and O–H groups in total. The lowest BCUT2D eigenvalue weighted by atomic mass is 10.0. The van der Waals surface area contributed by atoms with Gasteiger partial charge in [-0.2, -0.15) is 5.10 Å². The third-order valence-corrected chi connectivity index (χ3v) is 2.76. The van der Waals surface area contributed by atoms with Gasteiger partial charge in [0.05, 0.1) is 11.3 Å². The van der Waals surface area contributed by atoms with E-state index in [0.29, 0.717) is 6.42 Å². The van der Waals surface area contributed by atoms with E-state index in [9.17, 15) is 4.79 Å². The average Bonchev–Trinajstić information content (AvgIpc) is 2.41. The van der Waals surface area contributed by atoms with Crippen LogP contribution in [0.2, 0.25) is 0 Å². The molecule has 1 aromatic heterocycles. The van der Waals surface area contributed by atoms with Gasteiger partial charge in [0, 0.05) is 25.2 Å². The molecule has 0 bridgehead atoms. The molecule has 1 heterocycles. The molecule has 0 saturated heterocycles. The van der Waals surface area contributed by atoms with Gasteiger partial charge in [-0.1, -0.05) is 6.92 Å². The van der Waals surface area contributed by atoms with E-state index in [-0.39, 0.29) is 11.8 Å². The number of carbonyl (C=O) groups is 1. The predicted molar refractivity (Wildman–Crippen MR) is 59.9 cm³/mol. The van der Waals surface area contributed by atoms with Gasteiger partial charge < -0.3 is 5.73 Å². The van der Waals surface area contributed by atoms with Crippen molar-refractivity contribution in [2.24, 2.45) is 12.8 Å². The fourth-order valence-electron chi connectivity index (χ4n) is 1.66. The van der Waals surface area contributed by atoms with Gasteiger partial charge in [0.15, 0.2) is 5.78 Å². The third-order valence-electron chi connectivity index (χ3n) is 2.76. The Balaban J connectivity index is 2.91. The van der Waals surface area contributed by atoms with E-state index in [4.69, 9.17) is 5.73 Å². The standard InChI is InChI=1S/C11H19N3O/c1-5-9(12)6-10(15)11-7(2)13-14(4)8(11)3/h9H,5-6,12H2,1-4H3. The second kappa shape index (κ2) is 4.57. The summed E-state index contributed by atoms with van der Waals surface area (Å²) in [6, 6.07) is -0.0449. The summed E-state index contributed by atoms with van der Waals surface area (Å²) in [7, 11) is 1.85. The van der Waals surface area contributed by atoms with Crippen LogP contribution >= 0.6 is 0 Å². The molecule has 4 heteroatoms. The first-order valence-corrected chi connectivity index (χ1v) is 5.26. The first-order valence-electron chi connectivity index (χ1n) is 5.26. The largest absolute Gasteiger partial charge is 0.327 e. The molecular formula is C11H19N3O. The second-order valence-corrected chi connectivity index (χ2v) is 3.97. The molecule has 1 unspecified atom stereocenters. The summed E-state index contributed by atoms with van der Waals surface area (Å²) in [5.41, 5.74) is 8.22. The Morgan fingerprint density at radius 1 is 1.53 bits per heavy atom. The summed E-state index contributed by atoms with van der Waals surface area (Å²) in [4.78, 5) is 11.9. The molecule has 1 atom stereocenters. The lowest BCUT2D eigenvalue weighted by molar-refractivity contribution is 0.0972. The first kappa shape index (κ1) is 11.9. The van der Waals surface area contributed by atoms with Crippen molar-refractivity contribution in [1.82, 2.24) is 9.78 Å². The highest BCUT2D eigenvalue weighted by molar-refractivity contribution is 5.98. The molecule has 0 aliphatic carbocycles. The molecule has 15 heavy (non-hydrogen) atoms. The maximum absolute atomic E-state index is 11.9. The van der Waals surface area contributed by atoms with Crippen molar-refractivity contribution < 1.29 is 4.79 Å². The number of nitrogens with zero attached hydrogens (tertiary/aromatic N) is 2. The van der Waals surface area contributed by atoms with Gasteiger partial charge in [-0.15, -0.1) is 0 Å². The van der Waals surface area contributed by atoms with Gasteiger partial charge in [0.25, 0.3) is 0 Å². The van der Waals surface area contributed by atoms with Crippen LogP contribution in [0.15, 0.2) is 0 Å². The van der Waals surface area contributed by atoms with E-state index in [2.05, 4.69) is 5.10 Å². The molecule has 0 saturated carbocycles. The van der Waals surface area contributed by atoms with Crippen molar-refractivity contribution in [3.05, 3.63) is 17.0 Å². The topological polar surface area (TPSA) is 60.9 Å². The van der Waals surface area contributed by atoms with Gasteiger partial charge in [0.2, 0.25) is 0 Å². The molecule has 1 rings (SSSR count). The van der Waals surface area contributed by atoms with Gasteiger partial charge in [0.1, 0.15) is 0 Å². The zero-order valence-electron chi connectivity index (χ0n) is 9.87. The van der Waals surface area contributed by atoms with Crippen molar-refractivity contribution >= 4 is 5.78 Å². The van der Waals surface area contributed by atoms with E-state index < -0.39 is 0 Å². The number of Topliss-reactive ketones (excluding diaryl/α,β-unsaturated/α-hetero) is 1. The van der Waals surface area contributed by atoms with E-state index in [1.54, 1.807) is 4.68 Å². The molecule has 84 valence electrons. The van der Waals surface area contributed by atoms with Gasteiger partial charge >= 0.3 is 0 Å². The molecule has 4 nitrogen and oxygen atoms in total. The quantitative estimate of drug-likeness (QED) is 0.761. The SMILES string of the molecule is CCC(N)CC(=O)c1c(C)nn(C)c1C. The van der Waals surface area contributed by atoms with E-state index in [1.165, 1.54) is 0 Å². The molecule has 0 spiro atoms. The highest BCUT2D eigenvalue weighted by atomic mass is 16.1. The van der Waals surface area contributed by atoms with Gasteiger partial charge in [-0.25, -0.2) is 0 Å². The summed E-state index contributed by atoms with van der Waals surface area (Å²) in [6.45, 7) is 5.75. The molecular weight excluding hydrogens is 190 g/mol. The van der Waals surface area contributed by atoms with Crippen LogP contribution < -0.4 is 5.73 Å². The lowest BCUT2D eigenvalue weighted by Gasteiger charge is -2.07. The van der Waals surface area contributed by atoms with Crippen LogP contribution in [0.5, 0.6) is 0 Å². The minimum atomic E-state index is -0.0449. The molecule has 0 aliphatic rings.